The van der Waals surface area contributed by atoms with Crippen molar-refractivity contribution >= 4 is 11.8 Å². The molecule has 0 radical (unpaired) electrons. The van der Waals surface area contributed by atoms with Crippen LogP contribution in [0.15, 0.2) is 0 Å². The van der Waals surface area contributed by atoms with Gasteiger partial charge in [0.25, 0.3) is 0 Å². The molecule has 1 unspecified atom stereocenters. The first-order valence-electron chi connectivity index (χ1n) is 4.89. The van der Waals surface area contributed by atoms with E-state index in [1.54, 1.807) is 0 Å². The molecule has 0 aromatic rings. The molecule has 12 heavy (non-hydrogen) atoms. The molecule has 74 valence electrons. The van der Waals surface area contributed by atoms with Crippen molar-refractivity contribution in [2.45, 2.75) is 33.1 Å². The zero-order chi connectivity index (χ0) is 9.40. The molecule has 0 saturated carbocycles. The second kappa shape index (κ2) is 7.93. The highest BCUT2D eigenvalue weighted by molar-refractivity contribution is 7.98. The van der Waals surface area contributed by atoms with Crippen molar-refractivity contribution in [1.82, 2.24) is 0 Å². The average Bonchev–Trinajstić information content (AvgIpc) is 2.02. The summed E-state index contributed by atoms with van der Waals surface area (Å²) < 4.78 is 0. The fraction of sp³-hybridized carbons (Fsp3) is 1.00. The van der Waals surface area contributed by atoms with Gasteiger partial charge in [-0.25, -0.2) is 0 Å². The van der Waals surface area contributed by atoms with Gasteiger partial charge in [0.15, 0.2) is 0 Å². The number of rotatable bonds is 7. The zero-order valence-electron chi connectivity index (χ0n) is 8.68. The molecule has 2 N–H and O–H groups in total. The van der Waals surface area contributed by atoms with Crippen LogP contribution in [-0.2, 0) is 0 Å². The minimum absolute atomic E-state index is 0.761. The van der Waals surface area contributed by atoms with Crippen molar-refractivity contribution in [2.24, 2.45) is 17.6 Å². The SMILES string of the molecule is CSCCCC(CN)CC(C)C. The monoisotopic (exact) mass is 189 g/mol. The summed E-state index contributed by atoms with van der Waals surface area (Å²) in [5.41, 5.74) is 5.70. The Morgan fingerprint density at radius 3 is 2.42 bits per heavy atom. The van der Waals surface area contributed by atoms with Crippen LogP contribution in [0.1, 0.15) is 33.1 Å². The van der Waals surface area contributed by atoms with Crippen molar-refractivity contribution in [3.8, 4) is 0 Å². The zero-order valence-corrected chi connectivity index (χ0v) is 9.49. The topological polar surface area (TPSA) is 26.0 Å². The molecule has 0 fully saturated rings. The fourth-order valence-electron chi connectivity index (χ4n) is 1.51. The van der Waals surface area contributed by atoms with Gasteiger partial charge in [-0.2, -0.15) is 11.8 Å². The summed E-state index contributed by atoms with van der Waals surface area (Å²) in [6.07, 6.45) is 6.11. The summed E-state index contributed by atoms with van der Waals surface area (Å²) in [4.78, 5) is 0. The van der Waals surface area contributed by atoms with Crippen LogP contribution in [0.4, 0.5) is 0 Å². The molecule has 0 aliphatic heterocycles. The summed E-state index contributed by atoms with van der Waals surface area (Å²) in [6, 6.07) is 0. The molecule has 0 aliphatic rings. The highest BCUT2D eigenvalue weighted by atomic mass is 32.2. The molecule has 1 nitrogen and oxygen atoms in total. The first kappa shape index (κ1) is 12.3. The van der Waals surface area contributed by atoms with Crippen molar-refractivity contribution in [3.05, 3.63) is 0 Å². The van der Waals surface area contributed by atoms with E-state index in [4.69, 9.17) is 5.73 Å². The van der Waals surface area contributed by atoms with Crippen molar-refractivity contribution in [2.75, 3.05) is 18.6 Å². The van der Waals surface area contributed by atoms with Gasteiger partial charge in [-0.1, -0.05) is 13.8 Å². The van der Waals surface area contributed by atoms with Crippen molar-refractivity contribution in [1.29, 1.82) is 0 Å². The van der Waals surface area contributed by atoms with E-state index in [1.165, 1.54) is 25.0 Å². The van der Waals surface area contributed by atoms with Crippen LogP contribution in [0, 0.1) is 11.8 Å². The Morgan fingerprint density at radius 2 is 2.00 bits per heavy atom. The van der Waals surface area contributed by atoms with Crippen LogP contribution in [0.25, 0.3) is 0 Å². The highest BCUT2D eigenvalue weighted by Crippen LogP contribution is 2.16. The Morgan fingerprint density at radius 1 is 1.33 bits per heavy atom. The summed E-state index contributed by atoms with van der Waals surface area (Å²) in [5, 5.41) is 0. The maximum Gasteiger partial charge on any atom is -0.00488 e. The highest BCUT2D eigenvalue weighted by Gasteiger charge is 2.07. The van der Waals surface area contributed by atoms with Crippen LogP contribution in [0.3, 0.4) is 0 Å². The molecule has 0 spiro atoms. The lowest BCUT2D eigenvalue weighted by Crippen LogP contribution is -2.16. The van der Waals surface area contributed by atoms with Gasteiger partial charge in [0.05, 0.1) is 0 Å². The standard InChI is InChI=1S/C10H23NS/c1-9(2)7-10(8-11)5-4-6-12-3/h9-10H,4-8,11H2,1-3H3. The summed E-state index contributed by atoms with van der Waals surface area (Å²) in [6.45, 7) is 5.42. The molecule has 0 aliphatic carbocycles. The molecule has 0 aromatic carbocycles. The Hall–Kier alpha value is 0.310. The molecular formula is C10H23NS. The van der Waals surface area contributed by atoms with E-state index in [2.05, 4.69) is 20.1 Å². The Bertz CT molecular complexity index is 93.8. The number of hydrogen-bond acceptors (Lipinski definition) is 2. The lowest BCUT2D eigenvalue weighted by atomic mass is 9.93. The van der Waals surface area contributed by atoms with Crippen LogP contribution in [0.5, 0.6) is 0 Å². The van der Waals surface area contributed by atoms with E-state index in [-0.39, 0.29) is 0 Å². The predicted octanol–water partition coefficient (Wildman–Crippen LogP) is 2.75. The average molecular weight is 189 g/mol. The molecule has 0 bridgehead atoms. The first-order chi connectivity index (χ1) is 5.70. The van der Waals surface area contributed by atoms with E-state index in [0.29, 0.717) is 0 Å². The Kier molecular flexibility index (Phi) is 8.14. The van der Waals surface area contributed by atoms with Gasteiger partial charge >= 0.3 is 0 Å². The van der Waals surface area contributed by atoms with Gasteiger partial charge in [0.1, 0.15) is 0 Å². The Balaban J connectivity index is 3.39. The largest absolute Gasteiger partial charge is 0.330 e. The van der Waals surface area contributed by atoms with Crippen molar-refractivity contribution in [3.63, 3.8) is 0 Å². The van der Waals surface area contributed by atoms with Gasteiger partial charge < -0.3 is 5.73 Å². The molecule has 0 rings (SSSR count). The maximum atomic E-state index is 5.70. The number of thioether (sulfide) groups is 1. The first-order valence-corrected chi connectivity index (χ1v) is 6.29. The number of nitrogens with two attached hydrogens (primary N) is 1. The third-order valence-corrected chi connectivity index (χ3v) is 2.80. The van der Waals surface area contributed by atoms with Gasteiger partial charge in [-0.3, -0.25) is 0 Å². The van der Waals surface area contributed by atoms with Gasteiger partial charge in [-0.15, -0.1) is 0 Å². The second-order valence-electron chi connectivity index (χ2n) is 3.87. The minimum atomic E-state index is 0.761. The fourth-order valence-corrected chi connectivity index (χ4v) is 1.97. The second-order valence-corrected chi connectivity index (χ2v) is 4.85. The maximum absolute atomic E-state index is 5.70. The lowest BCUT2D eigenvalue weighted by Gasteiger charge is -2.16. The Labute approximate surface area is 81.5 Å². The van der Waals surface area contributed by atoms with E-state index in [1.807, 2.05) is 11.8 Å². The number of hydrogen-bond donors (Lipinski definition) is 1. The van der Waals surface area contributed by atoms with Crippen LogP contribution < -0.4 is 5.73 Å². The van der Waals surface area contributed by atoms with E-state index in [9.17, 15) is 0 Å². The minimum Gasteiger partial charge on any atom is -0.330 e. The molecule has 2 heteroatoms. The lowest BCUT2D eigenvalue weighted by molar-refractivity contribution is 0.392. The van der Waals surface area contributed by atoms with Crippen LogP contribution in [-0.4, -0.2) is 18.6 Å². The molecule has 0 aromatic heterocycles. The molecule has 1 atom stereocenters. The molecule has 0 amide bonds. The van der Waals surface area contributed by atoms with Gasteiger partial charge in [-0.05, 0) is 49.7 Å². The van der Waals surface area contributed by atoms with Gasteiger partial charge in [0.2, 0.25) is 0 Å². The quantitative estimate of drug-likeness (QED) is 0.623. The predicted molar refractivity (Wildman–Crippen MR) is 59.6 cm³/mol. The van der Waals surface area contributed by atoms with Crippen LogP contribution >= 0.6 is 11.8 Å². The summed E-state index contributed by atoms with van der Waals surface area (Å²) in [7, 11) is 0. The van der Waals surface area contributed by atoms with E-state index in [0.717, 1.165) is 18.4 Å². The van der Waals surface area contributed by atoms with Crippen LogP contribution in [0.2, 0.25) is 0 Å². The van der Waals surface area contributed by atoms with Crippen molar-refractivity contribution < 1.29 is 0 Å². The molecule has 0 heterocycles. The third-order valence-electron chi connectivity index (χ3n) is 2.10. The normalized spacial score (nSPS) is 13.8. The molecule has 0 saturated heterocycles. The summed E-state index contributed by atoms with van der Waals surface area (Å²) >= 11 is 1.93. The molecular weight excluding hydrogens is 166 g/mol. The summed E-state index contributed by atoms with van der Waals surface area (Å²) in [5.74, 6) is 2.85. The van der Waals surface area contributed by atoms with E-state index >= 15 is 0 Å². The van der Waals surface area contributed by atoms with Gasteiger partial charge in [0, 0.05) is 0 Å². The van der Waals surface area contributed by atoms with E-state index < -0.39 is 0 Å². The third kappa shape index (κ3) is 6.99. The smallest absolute Gasteiger partial charge is 0.00488 e.